The molecule has 4 aliphatic carbocycles. The lowest BCUT2D eigenvalue weighted by atomic mass is 9.47. The Morgan fingerprint density at radius 1 is 1.00 bits per heavy atom. The van der Waals surface area contributed by atoms with Crippen molar-refractivity contribution in [2.45, 2.75) is 117 Å². The topological polar surface area (TPSA) is 0 Å². The van der Waals surface area contributed by atoms with Gasteiger partial charge >= 0.3 is 0 Å². The van der Waals surface area contributed by atoms with Crippen LogP contribution in [0.25, 0.3) is 0 Å². The molecule has 30 heavy (non-hydrogen) atoms. The van der Waals surface area contributed by atoms with Gasteiger partial charge in [-0.2, -0.15) is 0 Å². The number of hydrogen-bond acceptors (Lipinski definition) is 0. The summed E-state index contributed by atoms with van der Waals surface area (Å²) in [5.41, 5.74) is 2.96. The first kappa shape index (κ1) is 23.4. The summed E-state index contributed by atoms with van der Waals surface area (Å²) < 4.78 is 0. The number of rotatable bonds is 6. The van der Waals surface area contributed by atoms with Crippen LogP contribution in [0, 0.1) is 52.3 Å². The Kier molecular flexibility index (Phi) is 6.91. The van der Waals surface area contributed by atoms with E-state index in [1.165, 1.54) is 70.6 Å². The van der Waals surface area contributed by atoms with E-state index in [9.17, 15) is 0 Å². The second-order valence-corrected chi connectivity index (χ2v) is 14.1. The summed E-state index contributed by atoms with van der Waals surface area (Å²) in [6.07, 6.45) is 18.6. The van der Waals surface area contributed by atoms with E-state index in [2.05, 4.69) is 63.5 Å². The first-order valence-corrected chi connectivity index (χ1v) is 14.5. The van der Waals surface area contributed by atoms with Crippen molar-refractivity contribution < 1.29 is 0 Å². The lowest BCUT2D eigenvalue weighted by molar-refractivity contribution is -0.0499. The summed E-state index contributed by atoms with van der Waals surface area (Å²) in [7, 11) is 0. The Hall–Kier alpha value is 0.220. The second kappa shape index (κ2) is 8.87. The average molecular weight is 478 g/mol. The van der Waals surface area contributed by atoms with E-state index in [0.29, 0.717) is 10.8 Å². The fourth-order valence-electron chi connectivity index (χ4n) is 9.28. The van der Waals surface area contributed by atoms with Crippen molar-refractivity contribution in [1.82, 2.24) is 0 Å². The molecule has 0 aromatic rings. The minimum atomic E-state index is 0.518. The van der Waals surface area contributed by atoms with Gasteiger partial charge in [-0.05, 0) is 110 Å². The third-order valence-corrected chi connectivity index (χ3v) is 12.0. The van der Waals surface area contributed by atoms with E-state index in [4.69, 9.17) is 0 Å². The van der Waals surface area contributed by atoms with Crippen molar-refractivity contribution in [2.24, 2.45) is 52.3 Å². The molecule has 4 aliphatic rings. The maximum Gasteiger partial charge on any atom is 0.0183 e. The molecule has 4 rings (SSSR count). The molecule has 0 saturated heterocycles. The molecular formula is C29H49Br. The Labute approximate surface area is 196 Å². The predicted octanol–water partition coefficient (Wildman–Crippen LogP) is 9.43. The maximum atomic E-state index is 3.94. The number of alkyl halides is 1. The van der Waals surface area contributed by atoms with Crippen LogP contribution >= 0.6 is 15.9 Å². The fourth-order valence-corrected chi connectivity index (χ4v) is 9.86. The molecule has 3 saturated carbocycles. The number of hydrogen-bond donors (Lipinski definition) is 0. The largest absolute Gasteiger partial charge is 0.0887 e. The summed E-state index contributed by atoms with van der Waals surface area (Å²) in [5, 5.41) is 0. The van der Waals surface area contributed by atoms with E-state index in [-0.39, 0.29) is 0 Å². The summed E-state index contributed by atoms with van der Waals surface area (Å²) >= 11 is 3.94. The SMILES string of the molecule is CC[C@H](CC[C@@H](C)[C@H]1CC[C@H]2[C@@H]3CC=C4CC(Br)CC[C@]4(C)[C@H]3CC[C@]12C)C(C)C. The first-order chi connectivity index (χ1) is 14.2. The van der Waals surface area contributed by atoms with E-state index in [1.807, 2.05) is 5.57 Å². The van der Waals surface area contributed by atoms with Gasteiger partial charge in [-0.1, -0.05) is 82.0 Å². The zero-order valence-corrected chi connectivity index (χ0v) is 22.4. The van der Waals surface area contributed by atoms with Crippen molar-refractivity contribution >= 4 is 15.9 Å². The van der Waals surface area contributed by atoms with Gasteiger partial charge in [0.1, 0.15) is 0 Å². The molecule has 0 amide bonds. The van der Waals surface area contributed by atoms with E-state index < -0.39 is 0 Å². The molecule has 0 heterocycles. The van der Waals surface area contributed by atoms with E-state index in [0.717, 1.165) is 46.3 Å². The molecule has 0 nitrogen and oxygen atoms in total. The number of fused-ring (bicyclic) bond motifs is 5. The monoisotopic (exact) mass is 476 g/mol. The highest BCUT2D eigenvalue weighted by Gasteiger charge is 2.59. The van der Waals surface area contributed by atoms with Gasteiger partial charge in [-0.15, -0.1) is 0 Å². The first-order valence-electron chi connectivity index (χ1n) is 13.5. The third kappa shape index (κ3) is 3.90. The highest BCUT2D eigenvalue weighted by Crippen LogP contribution is 2.67. The molecule has 3 fully saturated rings. The molecule has 1 heteroatoms. The lowest BCUT2D eigenvalue weighted by Crippen LogP contribution is -2.50. The van der Waals surface area contributed by atoms with Crippen molar-refractivity contribution in [3.05, 3.63) is 11.6 Å². The van der Waals surface area contributed by atoms with Crippen LogP contribution in [0.2, 0.25) is 0 Å². The average Bonchev–Trinajstić information content (AvgIpc) is 3.06. The van der Waals surface area contributed by atoms with Crippen molar-refractivity contribution in [3.8, 4) is 0 Å². The Morgan fingerprint density at radius 3 is 2.47 bits per heavy atom. The minimum Gasteiger partial charge on any atom is -0.0887 e. The van der Waals surface area contributed by atoms with Crippen LogP contribution in [0.5, 0.6) is 0 Å². The van der Waals surface area contributed by atoms with Gasteiger partial charge in [0.15, 0.2) is 0 Å². The number of halogens is 1. The van der Waals surface area contributed by atoms with Crippen molar-refractivity contribution in [3.63, 3.8) is 0 Å². The predicted molar refractivity (Wildman–Crippen MR) is 135 cm³/mol. The zero-order chi connectivity index (χ0) is 21.7. The lowest BCUT2D eigenvalue weighted by Gasteiger charge is -2.58. The van der Waals surface area contributed by atoms with Gasteiger partial charge in [-0.3, -0.25) is 0 Å². The van der Waals surface area contributed by atoms with Gasteiger partial charge < -0.3 is 0 Å². The van der Waals surface area contributed by atoms with Crippen LogP contribution in [0.1, 0.15) is 112 Å². The van der Waals surface area contributed by atoms with E-state index in [1.54, 1.807) is 0 Å². The van der Waals surface area contributed by atoms with Crippen molar-refractivity contribution in [2.75, 3.05) is 0 Å². The molecule has 0 radical (unpaired) electrons. The Bertz CT molecular complexity index is 634. The standard InChI is InChI=1S/C29H49Br/c1-7-21(19(2)3)9-8-20(4)25-12-13-26-24-11-10-22-18-23(30)14-16-28(22,5)27(24)15-17-29(25,26)6/h10,19-21,23-27H,7-9,11-18H2,1-6H3/t20-,21-,23?,24+,25-,26+,27+,28+,29-/m1/s1. The molecule has 172 valence electrons. The van der Waals surface area contributed by atoms with Gasteiger partial charge in [0.25, 0.3) is 0 Å². The van der Waals surface area contributed by atoms with Gasteiger partial charge in [0.2, 0.25) is 0 Å². The fraction of sp³-hybridized carbons (Fsp3) is 0.931. The van der Waals surface area contributed by atoms with Gasteiger partial charge in [0.05, 0.1) is 0 Å². The van der Waals surface area contributed by atoms with E-state index >= 15 is 0 Å². The molecule has 0 aromatic heterocycles. The summed E-state index contributed by atoms with van der Waals surface area (Å²) in [4.78, 5) is 0.733. The van der Waals surface area contributed by atoms with Crippen LogP contribution in [0.4, 0.5) is 0 Å². The number of allylic oxidation sites excluding steroid dienone is 2. The Balaban J connectivity index is 1.47. The van der Waals surface area contributed by atoms with Gasteiger partial charge in [0, 0.05) is 4.83 Å². The highest BCUT2D eigenvalue weighted by atomic mass is 79.9. The van der Waals surface area contributed by atoms with Crippen LogP contribution < -0.4 is 0 Å². The molecule has 0 bridgehead atoms. The molecular weight excluding hydrogens is 428 g/mol. The Morgan fingerprint density at radius 2 is 1.77 bits per heavy atom. The maximum absolute atomic E-state index is 3.94. The van der Waals surface area contributed by atoms with Gasteiger partial charge in [-0.25, -0.2) is 0 Å². The van der Waals surface area contributed by atoms with Crippen LogP contribution in [0.3, 0.4) is 0 Å². The minimum absolute atomic E-state index is 0.518. The summed E-state index contributed by atoms with van der Waals surface area (Å²) in [6, 6.07) is 0. The molecule has 0 aromatic carbocycles. The smallest absolute Gasteiger partial charge is 0.0183 e. The molecule has 0 spiro atoms. The normalized spacial score (nSPS) is 45.3. The van der Waals surface area contributed by atoms with Crippen LogP contribution in [0.15, 0.2) is 11.6 Å². The molecule has 0 aliphatic heterocycles. The summed E-state index contributed by atoms with van der Waals surface area (Å²) in [6.45, 7) is 15.3. The quantitative estimate of drug-likeness (QED) is 0.264. The second-order valence-electron chi connectivity index (χ2n) is 12.8. The van der Waals surface area contributed by atoms with Crippen LogP contribution in [-0.4, -0.2) is 4.83 Å². The van der Waals surface area contributed by atoms with Crippen molar-refractivity contribution in [1.29, 1.82) is 0 Å². The third-order valence-electron chi connectivity index (χ3n) is 11.3. The molecule has 0 N–H and O–H groups in total. The highest BCUT2D eigenvalue weighted by molar-refractivity contribution is 9.09. The summed E-state index contributed by atoms with van der Waals surface area (Å²) in [5.74, 6) is 6.61. The molecule has 1 unspecified atom stereocenters. The molecule has 9 atom stereocenters. The van der Waals surface area contributed by atoms with Crippen LogP contribution in [-0.2, 0) is 0 Å². The zero-order valence-electron chi connectivity index (χ0n) is 20.9.